The Morgan fingerprint density at radius 2 is 1.97 bits per heavy atom. The molecule has 2 aromatic rings. The van der Waals surface area contributed by atoms with Gasteiger partial charge in [0.25, 0.3) is 0 Å². The first-order chi connectivity index (χ1) is 18.2. The van der Waals surface area contributed by atoms with Crippen molar-refractivity contribution in [3.63, 3.8) is 0 Å². The van der Waals surface area contributed by atoms with E-state index in [0.717, 1.165) is 4.68 Å². The maximum Gasteiger partial charge on any atom is 0.435 e. The van der Waals surface area contributed by atoms with Crippen LogP contribution in [0.1, 0.15) is 59.4 Å². The molecule has 12 nitrogen and oxygen atoms in total. The molecule has 39 heavy (non-hydrogen) atoms. The molecular formula is C26H30N6O6S. The number of rotatable bonds is 7. The Balaban J connectivity index is 2.16. The van der Waals surface area contributed by atoms with E-state index in [1.54, 1.807) is 59.7 Å². The molecule has 1 aromatic carbocycles. The Morgan fingerprint density at radius 1 is 1.28 bits per heavy atom. The van der Waals surface area contributed by atoms with Gasteiger partial charge in [-0.05, 0) is 59.2 Å². The number of nitrogens with one attached hydrogen (secondary N) is 2. The number of ether oxygens (including phenoxy) is 2. The highest BCUT2D eigenvalue weighted by Crippen LogP contribution is 2.40. The average Bonchev–Trinajstić information content (AvgIpc) is 3.18. The number of esters is 1. The van der Waals surface area contributed by atoms with Gasteiger partial charge in [-0.1, -0.05) is 6.07 Å². The summed E-state index contributed by atoms with van der Waals surface area (Å²) in [6.45, 7) is 18.0. The lowest BCUT2D eigenvalue weighted by molar-refractivity contribution is -0.142. The summed E-state index contributed by atoms with van der Waals surface area (Å²) in [4.78, 5) is 28.3. The standard InChI is InChI=1S/C26H30N6O6S/c1-8-37-21(33)11-12-39(35,36)31-24-18-13-17(22-19(14-27)15(2)29-16(3)23(22)28-7)9-10-20(18)32(30-24)25(34)38-26(4,5)6/h9-10,13,22,29H,8,11-12H2,1-6H3,(H,30,31). The van der Waals surface area contributed by atoms with Crippen LogP contribution in [-0.2, 0) is 24.3 Å². The zero-order valence-electron chi connectivity index (χ0n) is 22.6. The van der Waals surface area contributed by atoms with Crippen molar-refractivity contribution in [3.8, 4) is 6.07 Å². The Bertz CT molecular complexity index is 1550. The summed E-state index contributed by atoms with van der Waals surface area (Å²) in [5.74, 6) is -2.11. The molecule has 1 atom stereocenters. The number of sulfonamides is 1. The van der Waals surface area contributed by atoms with Crippen LogP contribution in [0.15, 0.2) is 40.9 Å². The zero-order chi connectivity index (χ0) is 29.1. The van der Waals surface area contributed by atoms with Gasteiger partial charge >= 0.3 is 12.1 Å². The number of nitrogens with zero attached hydrogens (tertiary/aromatic N) is 4. The highest BCUT2D eigenvalue weighted by molar-refractivity contribution is 7.92. The lowest BCUT2D eigenvalue weighted by atomic mass is 9.84. The third-order valence-corrected chi connectivity index (χ3v) is 6.95. The second-order valence-electron chi connectivity index (χ2n) is 9.82. The van der Waals surface area contributed by atoms with Crippen LogP contribution in [0.5, 0.6) is 0 Å². The first kappa shape index (κ1) is 29.2. The fraction of sp³-hybridized carbons (Fsp3) is 0.423. The van der Waals surface area contributed by atoms with E-state index in [0.29, 0.717) is 28.2 Å². The minimum absolute atomic E-state index is 0.121. The number of hydrogen-bond donors (Lipinski definition) is 2. The van der Waals surface area contributed by atoms with Crippen molar-refractivity contribution < 1.29 is 27.5 Å². The SMILES string of the molecule is [C-]#[N+]C1=C(C)NC(C)=C(C#N)C1c1ccc2c(c1)c(NS(=O)(=O)CCC(=O)OCC)nn2C(=O)OC(C)(C)C. The fourth-order valence-corrected chi connectivity index (χ4v) is 5.07. The largest absolute Gasteiger partial charge is 0.466 e. The van der Waals surface area contributed by atoms with E-state index in [2.05, 4.69) is 26.1 Å². The Hall–Kier alpha value is -4.36. The van der Waals surface area contributed by atoms with Crippen molar-refractivity contribution in [2.75, 3.05) is 17.1 Å². The number of carbonyl (C=O) groups is 2. The molecule has 1 unspecified atom stereocenters. The molecule has 0 bridgehead atoms. The molecule has 13 heteroatoms. The zero-order valence-corrected chi connectivity index (χ0v) is 23.4. The van der Waals surface area contributed by atoms with E-state index < -0.39 is 39.4 Å². The average molecular weight is 555 g/mol. The van der Waals surface area contributed by atoms with Crippen LogP contribution in [0.2, 0.25) is 0 Å². The maximum atomic E-state index is 12.9. The third-order valence-electron chi connectivity index (χ3n) is 5.70. The molecule has 2 N–H and O–H groups in total. The van der Waals surface area contributed by atoms with Gasteiger partial charge in [-0.25, -0.2) is 18.1 Å². The summed E-state index contributed by atoms with van der Waals surface area (Å²) in [6.07, 6.45) is -1.20. The van der Waals surface area contributed by atoms with Gasteiger partial charge in [-0.15, -0.1) is 5.10 Å². The molecule has 1 aromatic heterocycles. The molecule has 206 valence electrons. The predicted octanol–water partition coefficient (Wildman–Crippen LogP) is 4.15. The summed E-state index contributed by atoms with van der Waals surface area (Å²) >= 11 is 0. The van der Waals surface area contributed by atoms with E-state index in [4.69, 9.17) is 16.0 Å². The van der Waals surface area contributed by atoms with E-state index >= 15 is 0 Å². The summed E-state index contributed by atoms with van der Waals surface area (Å²) in [5.41, 5.74) is 1.76. The van der Waals surface area contributed by atoms with Crippen molar-refractivity contribution in [3.05, 3.63) is 57.8 Å². The summed E-state index contributed by atoms with van der Waals surface area (Å²) in [7, 11) is -4.08. The first-order valence-electron chi connectivity index (χ1n) is 12.1. The molecule has 0 amide bonds. The number of aromatic nitrogens is 2. The lowest BCUT2D eigenvalue weighted by Crippen LogP contribution is -2.28. The van der Waals surface area contributed by atoms with E-state index in [9.17, 15) is 23.3 Å². The number of dihydropyridines is 1. The number of carbonyl (C=O) groups excluding carboxylic acids is 2. The lowest BCUT2D eigenvalue weighted by Gasteiger charge is -2.26. The molecule has 1 aliphatic heterocycles. The van der Waals surface area contributed by atoms with Crippen molar-refractivity contribution in [2.45, 2.75) is 59.5 Å². The van der Waals surface area contributed by atoms with E-state index in [-0.39, 0.29) is 29.7 Å². The molecule has 0 saturated heterocycles. The molecule has 0 fully saturated rings. The third kappa shape index (κ3) is 6.56. The molecular weight excluding hydrogens is 524 g/mol. The van der Waals surface area contributed by atoms with Gasteiger partial charge in [-0.3, -0.25) is 9.52 Å². The summed E-state index contributed by atoms with van der Waals surface area (Å²) in [5, 5.41) is 17.3. The first-order valence-corrected chi connectivity index (χ1v) is 13.7. The van der Waals surface area contributed by atoms with Gasteiger partial charge in [0.1, 0.15) is 5.60 Å². The van der Waals surface area contributed by atoms with Crippen LogP contribution in [0.4, 0.5) is 10.6 Å². The molecule has 0 radical (unpaired) electrons. The van der Waals surface area contributed by atoms with Gasteiger partial charge in [0.05, 0.1) is 48.4 Å². The van der Waals surface area contributed by atoms with Crippen LogP contribution < -0.4 is 10.0 Å². The maximum absolute atomic E-state index is 12.9. The van der Waals surface area contributed by atoms with Crippen LogP contribution in [0.25, 0.3) is 15.7 Å². The fourth-order valence-electron chi connectivity index (χ4n) is 4.09. The second kappa shape index (κ2) is 11.2. The van der Waals surface area contributed by atoms with Crippen molar-refractivity contribution >= 4 is 38.8 Å². The molecule has 0 saturated carbocycles. The predicted molar refractivity (Wildman–Crippen MR) is 144 cm³/mol. The molecule has 3 rings (SSSR count). The topological polar surface area (TPSA) is 157 Å². The molecule has 1 aliphatic rings. The van der Waals surface area contributed by atoms with E-state index in [1.165, 1.54) is 0 Å². The van der Waals surface area contributed by atoms with Crippen molar-refractivity contribution in [1.82, 2.24) is 15.1 Å². The van der Waals surface area contributed by atoms with Gasteiger partial charge in [0.2, 0.25) is 10.0 Å². The number of nitriles is 1. The van der Waals surface area contributed by atoms with Crippen molar-refractivity contribution in [2.24, 2.45) is 0 Å². The van der Waals surface area contributed by atoms with Crippen LogP contribution in [0.3, 0.4) is 0 Å². The van der Waals surface area contributed by atoms with Gasteiger partial charge < -0.3 is 14.8 Å². The smallest absolute Gasteiger partial charge is 0.435 e. The summed E-state index contributed by atoms with van der Waals surface area (Å²) < 4.78 is 39.2. The minimum atomic E-state index is -4.08. The van der Waals surface area contributed by atoms with Crippen LogP contribution in [-0.4, -0.2) is 48.2 Å². The Kier molecular flexibility index (Phi) is 8.36. The minimum Gasteiger partial charge on any atom is -0.466 e. The quantitative estimate of drug-likeness (QED) is 0.379. The van der Waals surface area contributed by atoms with Crippen LogP contribution in [0, 0.1) is 17.9 Å². The Labute approximate surface area is 227 Å². The molecule has 0 spiro atoms. The van der Waals surface area contributed by atoms with Gasteiger partial charge in [0, 0.05) is 16.8 Å². The van der Waals surface area contributed by atoms with E-state index in [1.807, 2.05) is 0 Å². The van der Waals surface area contributed by atoms with Gasteiger partial charge in [-0.2, -0.15) is 9.94 Å². The van der Waals surface area contributed by atoms with Crippen molar-refractivity contribution in [1.29, 1.82) is 5.26 Å². The highest BCUT2D eigenvalue weighted by Gasteiger charge is 2.31. The summed E-state index contributed by atoms with van der Waals surface area (Å²) in [6, 6.07) is 6.97. The number of benzene rings is 1. The number of anilines is 1. The second-order valence-corrected chi connectivity index (χ2v) is 11.7. The normalized spacial score (nSPS) is 15.8. The molecule has 2 heterocycles. The number of hydrogen-bond acceptors (Lipinski definition) is 9. The van der Waals surface area contributed by atoms with Gasteiger partial charge in [0.15, 0.2) is 11.5 Å². The van der Waals surface area contributed by atoms with Crippen LogP contribution >= 0.6 is 0 Å². The molecule has 0 aliphatic carbocycles. The monoisotopic (exact) mass is 554 g/mol. The Morgan fingerprint density at radius 3 is 2.56 bits per heavy atom. The highest BCUT2D eigenvalue weighted by atomic mass is 32.2. The number of allylic oxidation sites excluding steroid dienone is 3. The number of fused-ring (bicyclic) bond motifs is 1.